The number of nitrogens with two attached hydrogens (primary N) is 1. The molecule has 0 aliphatic carbocycles. The lowest BCUT2D eigenvalue weighted by Gasteiger charge is -2.05. The van der Waals surface area contributed by atoms with Crippen LogP contribution in [0, 0.1) is 0 Å². The molecule has 15 heavy (non-hydrogen) atoms. The van der Waals surface area contributed by atoms with Gasteiger partial charge < -0.3 is 5.73 Å². The Balaban J connectivity index is 2.54. The van der Waals surface area contributed by atoms with E-state index in [9.17, 15) is 0 Å². The number of aromatic nitrogens is 4. The van der Waals surface area contributed by atoms with Gasteiger partial charge in [-0.2, -0.15) is 4.68 Å². The molecular weight excluding hydrogens is 281 g/mol. The number of rotatable bonds is 2. The summed E-state index contributed by atoms with van der Waals surface area (Å²) in [5.74, 6) is 0.595. The van der Waals surface area contributed by atoms with Gasteiger partial charge in [-0.15, -0.1) is 5.10 Å². The first-order valence-electron chi connectivity index (χ1n) is 4.15. The van der Waals surface area contributed by atoms with E-state index in [1.54, 1.807) is 16.8 Å². The molecular formula is C8H7BrClN5. The molecule has 0 atom stereocenters. The molecule has 1 aromatic carbocycles. The number of hydrogen-bond donors (Lipinski definition) is 1. The quantitative estimate of drug-likeness (QED) is 0.910. The van der Waals surface area contributed by atoms with E-state index in [-0.39, 0.29) is 6.54 Å². The third-order valence-electron chi connectivity index (χ3n) is 1.85. The predicted octanol–water partition coefficient (Wildman–Crippen LogP) is 1.54. The standard InChI is InChI=1S/C8H7BrClN5/c9-6-3-5(10)1-2-7(6)15-8(4-11)12-13-14-15/h1-3H,4,11H2. The van der Waals surface area contributed by atoms with Crippen LogP contribution in [0.3, 0.4) is 0 Å². The zero-order valence-electron chi connectivity index (χ0n) is 7.56. The summed E-state index contributed by atoms with van der Waals surface area (Å²) < 4.78 is 2.39. The summed E-state index contributed by atoms with van der Waals surface area (Å²) in [7, 11) is 0. The average Bonchev–Trinajstić information content (AvgIpc) is 2.65. The fourth-order valence-electron chi connectivity index (χ4n) is 1.17. The van der Waals surface area contributed by atoms with Gasteiger partial charge in [0.25, 0.3) is 0 Å². The molecule has 0 saturated carbocycles. The topological polar surface area (TPSA) is 69.6 Å². The Morgan fingerprint density at radius 1 is 1.47 bits per heavy atom. The Hall–Kier alpha value is -0.980. The van der Waals surface area contributed by atoms with Crippen molar-refractivity contribution in [3.8, 4) is 5.69 Å². The Morgan fingerprint density at radius 2 is 2.27 bits per heavy atom. The second-order valence-corrected chi connectivity index (χ2v) is 4.10. The highest BCUT2D eigenvalue weighted by Gasteiger charge is 2.09. The number of benzene rings is 1. The Labute approximate surface area is 99.3 Å². The number of halogens is 2. The average molecular weight is 289 g/mol. The van der Waals surface area contributed by atoms with Crippen LogP contribution in [0.15, 0.2) is 22.7 Å². The van der Waals surface area contributed by atoms with E-state index in [2.05, 4.69) is 31.5 Å². The molecule has 0 unspecified atom stereocenters. The van der Waals surface area contributed by atoms with Crippen molar-refractivity contribution in [2.75, 3.05) is 0 Å². The molecule has 0 spiro atoms. The monoisotopic (exact) mass is 287 g/mol. The maximum absolute atomic E-state index is 5.84. The molecule has 78 valence electrons. The van der Waals surface area contributed by atoms with Gasteiger partial charge in [-0.05, 0) is 44.6 Å². The van der Waals surface area contributed by atoms with E-state index in [1.807, 2.05) is 6.07 Å². The smallest absolute Gasteiger partial charge is 0.170 e. The number of tetrazole rings is 1. The van der Waals surface area contributed by atoms with Crippen molar-refractivity contribution >= 4 is 27.5 Å². The first-order valence-corrected chi connectivity index (χ1v) is 5.32. The van der Waals surface area contributed by atoms with Gasteiger partial charge in [0.15, 0.2) is 5.82 Å². The van der Waals surface area contributed by atoms with Crippen LogP contribution in [-0.4, -0.2) is 20.2 Å². The van der Waals surface area contributed by atoms with Gasteiger partial charge >= 0.3 is 0 Å². The van der Waals surface area contributed by atoms with Crippen molar-refractivity contribution in [3.63, 3.8) is 0 Å². The second-order valence-electron chi connectivity index (χ2n) is 2.81. The first kappa shape index (κ1) is 10.5. The molecule has 0 amide bonds. The summed E-state index contributed by atoms with van der Waals surface area (Å²) in [5, 5.41) is 11.9. The Morgan fingerprint density at radius 3 is 2.93 bits per heavy atom. The van der Waals surface area contributed by atoms with E-state index < -0.39 is 0 Å². The van der Waals surface area contributed by atoms with Crippen LogP contribution in [0.2, 0.25) is 5.02 Å². The third kappa shape index (κ3) is 2.01. The molecule has 2 rings (SSSR count). The zero-order chi connectivity index (χ0) is 10.8. The Kier molecular flexibility index (Phi) is 2.99. The molecule has 0 radical (unpaired) electrons. The SMILES string of the molecule is NCc1nnnn1-c1ccc(Cl)cc1Br. The minimum absolute atomic E-state index is 0.280. The lowest BCUT2D eigenvalue weighted by Crippen LogP contribution is -2.08. The fraction of sp³-hybridized carbons (Fsp3) is 0.125. The summed E-state index contributed by atoms with van der Waals surface area (Å²) in [6.07, 6.45) is 0. The van der Waals surface area contributed by atoms with Gasteiger partial charge in [0.1, 0.15) is 0 Å². The molecule has 5 nitrogen and oxygen atoms in total. The van der Waals surface area contributed by atoms with Crippen LogP contribution in [0.4, 0.5) is 0 Å². The van der Waals surface area contributed by atoms with E-state index in [4.69, 9.17) is 17.3 Å². The highest BCUT2D eigenvalue weighted by molar-refractivity contribution is 9.10. The van der Waals surface area contributed by atoms with Gasteiger partial charge in [0.2, 0.25) is 0 Å². The van der Waals surface area contributed by atoms with Crippen LogP contribution >= 0.6 is 27.5 Å². The summed E-state index contributed by atoms with van der Waals surface area (Å²) in [6, 6.07) is 5.37. The molecule has 7 heteroatoms. The minimum Gasteiger partial charge on any atom is -0.324 e. The fourth-order valence-corrected chi connectivity index (χ4v) is 2.02. The predicted molar refractivity (Wildman–Crippen MR) is 59.8 cm³/mol. The van der Waals surface area contributed by atoms with Crippen molar-refractivity contribution in [2.45, 2.75) is 6.54 Å². The minimum atomic E-state index is 0.280. The van der Waals surface area contributed by atoms with Gasteiger partial charge in [0.05, 0.1) is 12.2 Å². The summed E-state index contributed by atoms with van der Waals surface area (Å²) in [4.78, 5) is 0. The molecule has 0 aliphatic rings. The van der Waals surface area contributed by atoms with Gasteiger partial charge in [0, 0.05) is 9.50 Å². The van der Waals surface area contributed by atoms with Crippen molar-refractivity contribution in [3.05, 3.63) is 33.5 Å². The van der Waals surface area contributed by atoms with E-state index in [0.717, 1.165) is 10.2 Å². The van der Waals surface area contributed by atoms with Crippen molar-refractivity contribution in [1.82, 2.24) is 20.2 Å². The largest absolute Gasteiger partial charge is 0.324 e. The molecule has 0 saturated heterocycles. The highest BCUT2D eigenvalue weighted by atomic mass is 79.9. The lowest BCUT2D eigenvalue weighted by atomic mass is 10.3. The van der Waals surface area contributed by atoms with Crippen molar-refractivity contribution in [1.29, 1.82) is 0 Å². The van der Waals surface area contributed by atoms with Crippen molar-refractivity contribution < 1.29 is 0 Å². The molecule has 2 N–H and O–H groups in total. The Bertz CT molecular complexity index is 484. The summed E-state index contributed by atoms with van der Waals surface area (Å²) in [5.41, 5.74) is 6.32. The molecule has 0 bridgehead atoms. The van der Waals surface area contributed by atoms with E-state index in [0.29, 0.717) is 10.8 Å². The molecule has 1 aromatic heterocycles. The zero-order valence-corrected chi connectivity index (χ0v) is 9.90. The molecule has 0 fully saturated rings. The van der Waals surface area contributed by atoms with Crippen LogP contribution in [-0.2, 0) is 6.54 Å². The normalized spacial score (nSPS) is 10.6. The van der Waals surface area contributed by atoms with Gasteiger partial charge in [-0.25, -0.2) is 0 Å². The van der Waals surface area contributed by atoms with Crippen LogP contribution in [0.1, 0.15) is 5.82 Å². The number of hydrogen-bond acceptors (Lipinski definition) is 4. The van der Waals surface area contributed by atoms with Gasteiger partial charge in [-0.1, -0.05) is 11.6 Å². The first-order chi connectivity index (χ1) is 7.22. The molecule has 0 aliphatic heterocycles. The van der Waals surface area contributed by atoms with Crippen LogP contribution < -0.4 is 5.73 Å². The highest BCUT2D eigenvalue weighted by Crippen LogP contribution is 2.24. The third-order valence-corrected chi connectivity index (χ3v) is 2.72. The second kappa shape index (κ2) is 4.26. The maximum Gasteiger partial charge on any atom is 0.170 e. The van der Waals surface area contributed by atoms with E-state index >= 15 is 0 Å². The van der Waals surface area contributed by atoms with Crippen molar-refractivity contribution in [2.24, 2.45) is 5.73 Å². The number of nitrogens with zero attached hydrogens (tertiary/aromatic N) is 4. The maximum atomic E-state index is 5.84. The summed E-state index contributed by atoms with van der Waals surface area (Å²) in [6.45, 7) is 0.280. The van der Waals surface area contributed by atoms with Crippen LogP contribution in [0.5, 0.6) is 0 Å². The molecule has 1 heterocycles. The van der Waals surface area contributed by atoms with E-state index in [1.165, 1.54) is 0 Å². The van der Waals surface area contributed by atoms with Gasteiger partial charge in [-0.3, -0.25) is 0 Å². The van der Waals surface area contributed by atoms with Crippen LogP contribution in [0.25, 0.3) is 5.69 Å². The molecule has 2 aromatic rings. The lowest BCUT2D eigenvalue weighted by molar-refractivity contribution is 0.759. The summed E-state index contributed by atoms with van der Waals surface area (Å²) >= 11 is 9.23.